The maximum Gasteiger partial charge on any atom is 0.303 e. The molecule has 1 aromatic heterocycles. The number of hydrogen-bond acceptors (Lipinski definition) is 3. The Balaban J connectivity index is 1.78. The Hall–Kier alpha value is -2.10. The first-order valence-electron chi connectivity index (χ1n) is 7.46. The molecule has 110 valence electrons. The van der Waals surface area contributed by atoms with Gasteiger partial charge in [0.05, 0.1) is 5.52 Å². The van der Waals surface area contributed by atoms with E-state index in [-0.39, 0.29) is 6.42 Å². The highest BCUT2D eigenvalue weighted by Crippen LogP contribution is 2.29. The molecule has 4 heteroatoms. The van der Waals surface area contributed by atoms with E-state index >= 15 is 0 Å². The third-order valence-corrected chi connectivity index (χ3v) is 4.24. The van der Waals surface area contributed by atoms with Crippen LogP contribution in [-0.2, 0) is 4.79 Å². The number of aryl methyl sites for hydroxylation is 1. The van der Waals surface area contributed by atoms with Gasteiger partial charge in [0.2, 0.25) is 0 Å². The number of aromatic nitrogens is 1. The van der Waals surface area contributed by atoms with Crippen LogP contribution in [0, 0.1) is 12.8 Å². The van der Waals surface area contributed by atoms with Crippen LogP contribution in [0.1, 0.15) is 24.8 Å². The SMILES string of the molecule is Cc1cc2ccccc2nc1N1CCC(CCC(=O)O)C1. The fourth-order valence-corrected chi connectivity index (χ4v) is 3.12. The summed E-state index contributed by atoms with van der Waals surface area (Å²) in [6.07, 6.45) is 2.09. The lowest BCUT2D eigenvalue weighted by Crippen LogP contribution is -2.22. The van der Waals surface area contributed by atoms with E-state index in [0.717, 1.165) is 37.3 Å². The molecule has 2 aromatic rings. The zero-order valence-electron chi connectivity index (χ0n) is 12.2. The number of aliphatic carboxylic acids is 1. The Morgan fingerprint density at radius 1 is 1.43 bits per heavy atom. The van der Waals surface area contributed by atoms with Gasteiger partial charge in [0, 0.05) is 24.9 Å². The lowest BCUT2D eigenvalue weighted by molar-refractivity contribution is -0.137. The third-order valence-electron chi connectivity index (χ3n) is 4.24. The van der Waals surface area contributed by atoms with Gasteiger partial charge < -0.3 is 10.0 Å². The Labute approximate surface area is 124 Å². The summed E-state index contributed by atoms with van der Waals surface area (Å²) in [5, 5.41) is 9.96. The highest BCUT2D eigenvalue weighted by Gasteiger charge is 2.25. The molecule has 0 bridgehead atoms. The molecule has 21 heavy (non-hydrogen) atoms. The summed E-state index contributed by atoms with van der Waals surface area (Å²) in [6.45, 7) is 3.98. The van der Waals surface area contributed by atoms with Crippen LogP contribution in [0.15, 0.2) is 30.3 Å². The fraction of sp³-hybridized carbons (Fsp3) is 0.412. The second-order valence-corrected chi connectivity index (χ2v) is 5.85. The van der Waals surface area contributed by atoms with Gasteiger partial charge in [-0.25, -0.2) is 4.98 Å². The minimum absolute atomic E-state index is 0.267. The Kier molecular flexibility index (Phi) is 3.78. The molecule has 1 fully saturated rings. The van der Waals surface area contributed by atoms with Gasteiger partial charge in [-0.05, 0) is 43.4 Å². The van der Waals surface area contributed by atoms with Gasteiger partial charge in [0.1, 0.15) is 5.82 Å². The van der Waals surface area contributed by atoms with Crippen molar-refractivity contribution < 1.29 is 9.90 Å². The molecular formula is C17H20N2O2. The lowest BCUT2D eigenvalue weighted by atomic mass is 10.0. The predicted molar refractivity (Wildman–Crippen MR) is 83.7 cm³/mol. The normalized spacial score (nSPS) is 18.3. The molecule has 2 heterocycles. The molecule has 4 nitrogen and oxygen atoms in total. The molecule has 1 aromatic carbocycles. The highest BCUT2D eigenvalue weighted by atomic mass is 16.4. The van der Waals surface area contributed by atoms with Gasteiger partial charge in [0.15, 0.2) is 0 Å². The Morgan fingerprint density at radius 3 is 3.05 bits per heavy atom. The van der Waals surface area contributed by atoms with Crippen molar-refractivity contribution in [2.75, 3.05) is 18.0 Å². The number of fused-ring (bicyclic) bond motifs is 1. The van der Waals surface area contributed by atoms with Gasteiger partial charge in [-0.1, -0.05) is 18.2 Å². The number of hydrogen-bond donors (Lipinski definition) is 1. The molecule has 0 radical (unpaired) electrons. The van der Waals surface area contributed by atoms with Crippen molar-refractivity contribution in [1.82, 2.24) is 4.98 Å². The number of rotatable bonds is 4. The highest BCUT2D eigenvalue weighted by molar-refractivity contribution is 5.81. The second kappa shape index (κ2) is 5.72. The molecule has 0 aliphatic carbocycles. The first-order chi connectivity index (χ1) is 10.1. The minimum Gasteiger partial charge on any atom is -0.481 e. The van der Waals surface area contributed by atoms with E-state index in [0.29, 0.717) is 5.92 Å². The summed E-state index contributed by atoms with van der Waals surface area (Å²) in [5.74, 6) is 0.814. The summed E-state index contributed by atoms with van der Waals surface area (Å²) in [4.78, 5) is 17.8. The van der Waals surface area contributed by atoms with Crippen LogP contribution >= 0.6 is 0 Å². The average molecular weight is 284 g/mol. The summed E-state index contributed by atoms with van der Waals surface area (Å²) < 4.78 is 0. The van der Waals surface area contributed by atoms with Gasteiger partial charge in [-0.15, -0.1) is 0 Å². The molecule has 0 saturated carbocycles. The number of anilines is 1. The number of pyridine rings is 1. The lowest BCUT2D eigenvalue weighted by Gasteiger charge is -2.20. The molecule has 1 unspecified atom stereocenters. The van der Waals surface area contributed by atoms with Crippen molar-refractivity contribution in [3.63, 3.8) is 0 Å². The summed E-state index contributed by atoms with van der Waals surface area (Å²) >= 11 is 0. The zero-order valence-corrected chi connectivity index (χ0v) is 12.2. The van der Waals surface area contributed by atoms with Crippen molar-refractivity contribution in [2.45, 2.75) is 26.2 Å². The van der Waals surface area contributed by atoms with E-state index in [1.807, 2.05) is 18.2 Å². The number of para-hydroxylation sites is 1. The first-order valence-corrected chi connectivity index (χ1v) is 7.46. The zero-order chi connectivity index (χ0) is 14.8. The maximum absolute atomic E-state index is 10.7. The number of carbonyl (C=O) groups is 1. The van der Waals surface area contributed by atoms with Crippen molar-refractivity contribution >= 4 is 22.7 Å². The average Bonchev–Trinajstić information content (AvgIpc) is 2.93. The molecule has 1 atom stereocenters. The van der Waals surface area contributed by atoms with Crippen LogP contribution < -0.4 is 4.90 Å². The molecule has 1 aliphatic rings. The van der Waals surface area contributed by atoms with Gasteiger partial charge in [-0.3, -0.25) is 4.79 Å². The maximum atomic E-state index is 10.7. The van der Waals surface area contributed by atoms with E-state index < -0.39 is 5.97 Å². The smallest absolute Gasteiger partial charge is 0.303 e. The quantitative estimate of drug-likeness (QED) is 0.936. The van der Waals surface area contributed by atoms with Crippen molar-refractivity contribution in [3.8, 4) is 0 Å². The molecular weight excluding hydrogens is 264 g/mol. The number of nitrogens with zero attached hydrogens (tertiary/aromatic N) is 2. The fourth-order valence-electron chi connectivity index (χ4n) is 3.12. The number of benzene rings is 1. The van der Waals surface area contributed by atoms with Gasteiger partial charge in [-0.2, -0.15) is 0 Å². The van der Waals surface area contributed by atoms with Gasteiger partial charge >= 0.3 is 5.97 Å². The van der Waals surface area contributed by atoms with E-state index in [9.17, 15) is 4.79 Å². The molecule has 1 aliphatic heterocycles. The number of carboxylic acid groups (broad SMARTS) is 1. The van der Waals surface area contributed by atoms with Crippen LogP contribution in [0.4, 0.5) is 5.82 Å². The van der Waals surface area contributed by atoms with Crippen LogP contribution in [-0.4, -0.2) is 29.1 Å². The van der Waals surface area contributed by atoms with Crippen LogP contribution in [0.2, 0.25) is 0 Å². The van der Waals surface area contributed by atoms with Crippen molar-refractivity contribution in [2.24, 2.45) is 5.92 Å². The topological polar surface area (TPSA) is 53.4 Å². The first kappa shape index (κ1) is 13.9. The summed E-state index contributed by atoms with van der Waals surface area (Å²) in [6, 6.07) is 10.3. The van der Waals surface area contributed by atoms with Crippen LogP contribution in [0.25, 0.3) is 10.9 Å². The monoisotopic (exact) mass is 284 g/mol. The van der Waals surface area contributed by atoms with E-state index in [1.54, 1.807) is 0 Å². The van der Waals surface area contributed by atoms with E-state index in [1.165, 1.54) is 10.9 Å². The van der Waals surface area contributed by atoms with E-state index in [2.05, 4.69) is 24.0 Å². The second-order valence-electron chi connectivity index (χ2n) is 5.85. The predicted octanol–water partition coefficient (Wildman–Crippen LogP) is 3.23. The summed E-state index contributed by atoms with van der Waals surface area (Å²) in [5.41, 5.74) is 2.21. The molecule has 1 saturated heterocycles. The largest absolute Gasteiger partial charge is 0.481 e. The minimum atomic E-state index is -0.700. The van der Waals surface area contributed by atoms with Crippen molar-refractivity contribution in [1.29, 1.82) is 0 Å². The van der Waals surface area contributed by atoms with E-state index in [4.69, 9.17) is 10.1 Å². The Bertz CT molecular complexity index is 669. The Morgan fingerprint density at radius 2 is 2.24 bits per heavy atom. The molecule has 3 rings (SSSR count). The van der Waals surface area contributed by atoms with Crippen molar-refractivity contribution in [3.05, 3.63) is 35.9 Å². The number of carboxylic acids is 1. The van der Waals surface area contributed by atoms with Gasteiger partial charge in [0.25, 0.3) is 0 Å². The standard InChI is InChI=1S/C17H20N2O2/c1-12-10-14-4-2-3-5-15(14)18-17(12)19-9-8-13(11-19)6-7-16(20)21/h2-5,10,13H,6-9,11H2,1H3,(H,20,21). The molecule has 0 spiro atoms. The van der Waals surface area contributed by atoms with Crippen LogP contribution in [0.3, 0.4) is 0 Å². The molecule has 1 N–H and O–H groups in total. The third kappa shape index (κ3) is 2.99. The van der Waals surface area contributed by atoms with Crippen LogP contribution in [0.5, 0.6) is 0 Å². The summed E-state index contributed by atoms with van der Waals surface area (Å²) in [7, 11) is 0. The molecule has 0 amide bonds.